The van der Waals surface area contributed by atoms with Crippen molar-refractivity contribution in [2.75, 3.05) is 20.1 Å². The number of rotatable bonds is 4. The number of hydrogen-bond acceptors (Lipinski definition) is 3. The minimum absolute atomic E-state index is 0.485. The van der Waals surface area contributed by atoms with E-state index in [-0.39, 0.29) is 0 Å². The van der Waals surface area contributed by atoms with E-state index in [0.717, 1.165) is 23.6 Å². The van der Waals surface area contributed by atoms with E-state index in [1.54, 1.807) is 0 Å². The van der Waals surface area contributed by atoms with Gasteiger partial charge in [0, 0.05) is 20.1 Å². The molecule has 0 saturated carbocycles. The molecular weight excluding hydrogens is 232 g/mol. The van der Waals surface area contributed by atoms with Crippen molar-refractivity contribution in [2.24, 2.45) is 0 Å². The smallest absolute Gasteiger partial charge is 0.321 e. The van der Waals surface area contributed by atoms with Crippen LogP contribution >= 0.6 is 0 Å². The van der Waals surface area contributed by atoms with Gasteiger partial charge in [-0.1, -0.05) is 6.42 Å². The van der Waals surface area contributed by atoms with Gasteiger partial charge < -0.3 is 5.11 Å². The summed E-state index contributed by atoms with van der Waals surface area (Å²) in [7, 11) is -2.31. The Morgan fingerprint density at radius 2 is 1.81 bits per heavy atom. The van der Waals surface area contributed by atoms with Crippen LogP contribution in [0.1, 0.15) is 26.2 Å². The number of carboxylic acids is 1. The second-order valence-corrected chi connectivity index (χ2v) is 5.99. The van der Waals surface area contributed by atoms with Gasteiger partial charge in [0.1, 0.15) is 6.04 Å². The Morgan fingerprint density at radius 1 is 1.31 bits per heavy atom. The third-order valence-electron chi connectivity index (χ3n) is 2.91. The molecule has 16 heavy (non-hydrogen) atoms. The molecule has 7 heteroatoms. The number of piperidine rings is 1. The SMILES string of the molecule is CC(C(=O)O)N(C)S(=O)(=O)N1CCCCC1. The van der Waals surface area contributed by atoms with E-state index >= 15 is 0 Å². The molecule has 6 nitrogen and oxygen atoms in total. The number of carbonyl (C=O) groups is 1. The highest BCUT2D eigenvalue weighted by Crippen LogP contribution is 2.16. The van der Waals surface area contributed by atoms with Crippen LogP contribution in [0, 0.1) is 0 Å². The summed E-state index contributed by atoms with van der Waals surface area (Å²) in [6, 6.07) is -1.04. The third-order valence-corrected chi connectivity index (χ3v) is 4.97. The maximum atomic E-state index is 12.0. The molecule has 1 heterocycles. The van der Waals surface area contributed by atoms with E-state index in [1.807, 2.05) is 0 Å². The van der Waals surface area contributed by atoms with Crippen LogP contribution < -0.4 is 0 Å². The number of nitrogens with zero attached hydrogens (tertiary/aromatic N) is 2. The Balaban J connectivity index is 2.79. The van der Waals surface area contributed by atoms with Crippen LogP contribution in [-0.4, -0.2) is 54.3 Å². The molecule has 0 bridgehead atoms. The zero-order valence-electron chi connectivity index (χ0n) is 9.59. The van der Waals surface area contributed by atoms with Crippen molar-refractivity contribution < 1.29 is 18.3 Å². The van der Waals surface area contributed by atoms with Crippen molar-refractivity contribution >= 4 is 16.2 Å². The predicted molar refractivity (Wildman–Crippen MR) is 59.2 cm³/mol. The molecule has 0 spiro atoms. The van der Waals surface area contributed by atoms with Gasteiger partial charge in [0.05, 0.1) is 0 Å². The largest absolute Gasteiger partial charge is 0.480 e. The molecule has 1 saturated heterocycles. The molecule has 1 N–H and O–H groups in total. The Kier molecular flexibility index (Phi) is 4.28. The summed E-state index contributed by atoms with van der Waals surface area (Å²) in [5.74, 6) is -1.14. The molecule has 0 aromatic carbocycles. The van der Waals surface area contributed by atoms with E-state index in [0.29, 0.717) is 13.1 Å². The monoisotopic (exact) mass is 250 g/mol. The van der Waals surface area contributed by atoms with Gasteiger partial charge in [-0.3, -0.25) is 4.79 Å². The first kappa shape index (κ1) is 13.4. The molecule has 1 unspecified atom stereocenters. The molecule has 94 valence electrons. The molecule has 0 radical (unpaired) electrons. The van der Waals surface area contributed by atoms with Gasteiger partial charge in [0.2, 0.25) is 0 Å². The minimum Gasteiger partial charge on any atom is -0.480 e. The fraction of sp³-hybridized carbons (Fsp3) is 0.889. The molecule has 0 aromatic heterocycles. The van der Waals surface area contributed by atoms with Crippen LogP contribution in [0.15, 0.2) is 0 Å². The Bertz CT molecular complexity index is 349. The van der Waals surface area contributed by atoms with Crippen molar-refractivity contribution in [1.82, 2.24) is 8.61 Å². The summed E-state index contributed by atoms with van der Waals surface area (Å²) in [6.45, 7) is 2.34. The molecule has 1 rings (SSSR count). The molecule has 1 aliphatic heterocycles. The Labute approximate surface area is 96.0 Å². The zero-order valence-corrected chi connectivity index (χ0v) is 10.4. The van der Waals surface area contributed by atoms with Crippen molar-refractivity contribution in [3.8, 4) is 0 Å². The molecule has 0 aliphatic carbocycles. The van der Waals surface area contributed by atoms with E-state index in [2.05, 4.69) is 0 Å². The highest BCUT2D eigenvalue weighted by Gasteiger charge is 2.33. The van der Waals surface area contributed by atoms with E-state index in [4.69, 9.17) is 5.11 Å². The van der Waals surface area contributed by atoms with Crippen molar-refractivity contribution in [2.45, 2.75) is 32.2 Å². The number of aliphatic carboxylic acids is 1. The topological polar surface area (TPSA) is 77.9 Å². The van der Waals surface area contributed by atoms with Gasteiger partial charge in [-0.2, -0.15) is 17.0 Å². The molecular formula is C9H18N2O4S. The van der Waals surface area contributed by atoms with Crippen molar-refractivity contribution in [1.29, 1.82) is 0 Å². The first-order valence-electron chi connectivity index (χ1n) is 5.33. The van der Waals surface area contributed by atoms with Gasteiger partial charge in [0.25, 0.3) is 10.2 Å². The average Bonchev–Trinajstić information content (AvgIpc) is 2.28. The lowest BCUT2D eigenvalue weighted by Gasteiger charge is -2.31. The van der Waals surface area contributed by atoms with Crippen LogP contribution in [-0.2, 0) is 15.0 Å². The van der Waals surface area contributed by atoms with Gasteiger partial charge in [-0.25, -0.2) is 0 Å². The Hall–Kier alpha value is -0.660. The lowest BCUT2D eigenvalue weighted by Crippen LogP contribution is -2.49. The van der Waals surface area contributed by atoms with Gasteiger partial charge in [-0.05, 0) is 19.8 Å². The van der Waals surface area contributed by atoms with Crippen LogP contribution in [0.4, 0.5) is 0 Å². The summed E-state index contributed by atoms with van der Waals surface area (Å²) < 4.78 is 26.3. The second kappa shape index (κ2) is 5.11. The maximum absolute atomic E-state index is 12.0. The number of carboxylic acid groups (broad SMARTS) is 1. The highest BCUT2D eigenvalue weighted by atomic mass is 32.2. The van der Waals surface area contributed by atoms with Crippen LogP contribution in [0.5, 0.6) is 0 Å². The van der Waals surface area contributed by atoms with Crippen LogP contribution in [0.25, 0.3) is 0 Å². The fourth-order valence-electron chi connectivity index (χ4n) is 1.63. The van der Waals surface area contributed by atoms with Crippen molar-refractivity contribution in [3.63, 3.8) is 0 Å². The van der Waals surface area contributed by atoms with E-state index in [9.17, 15) is 13.2 Å². The van der Waals surface area contributed by atoms with Crippen LogP contribution in [0.3, 0.4) is 0 Å². The lowest BCUT2D eigenvalue weighted by atomic mass is 10.2. The normalized spacial score (nSPS) is 20.9. The fourth-order valence-corrected chi connectivity index (χ4v) is 3.21. The molecule has 0 aromatic rings. The summed E-state index contributed by atoms with van der Waals surface area (Å²) in [6.07, 6.45) is 2.72. The third kappa shape index (κ3) is 2.72. The minimum atomic E-state index is -3.62. The predicted octanol–water partition coefficient (Wildman–Crippen LogP) is 0.122. The summed E-state index contributed by atoms with van der Waals surface area (Å²) in [5, 5.41) is 8.79. The first-order chi connectivity index (χ1) is 7.37. The molecule has 1 atom stereocenters. The van der Waals surface area contributed by atoms with Gasteiger partial charge >= 0.3 is 5.97 Å². The van der Waals surface area contributed by atoms with E-state index < -0.39 is 22.2 Å². The second-order valence-electron chi connectivity index (χ2n) is 4.00. The Morgan fingerprint density at radius 3 is 2.25 bits per heavy atom. The van der Waals surface area contributed by atoms with Gasteiger partial charge in [-0.15, -0.1) is 0 Å². The molecule has 1 fully saturated rings. The standard InChI is InChI=1S/C9H18N2O4S/c1-8(9(12)13)10(2)16(14,15)11-6-4-3-5-7-11/h8H,3-7H2,1-2H3,(H,12,13). The van der Waals surface area contributed by atoms with E-state index in [1.165, 1.54) is 18.3 Å². The van der Waals surface area contributed by atoms with Crippen LogP contribution in [0.2, 0.25) is 0 Å². The summed E-state index contributed by atoms with van der Waals surface area (Å²) in [4.78, 5) is 10.7. The lowest BCUT2D eigenvalue weighted by molar-refractivity contribution is -0.140. The molecule has 1 aliphatic rings. The quantitative estimate of drug-likeness (QED) is 0.769. The summed E-state index contributed by atoms with van der Waals surface area (Å²) >= 11 is 0. The number of likely N-dealkylation sites (N-methyl/N-ethyl adjacent to an activating group) is 1. The zero-order chi connectivity index (χ0) is 12.3. The average molecular weight is 250 g/mol. The molecule has 0 amide bonds. The summed E-state index contributed by atoms with van der Waals surface area (Å²) in [5.41, 5.74) is 0. The number of hydrogen-bond donors (Lipinski definition) is 1. The van der Waals surface area contributed by atoms with Crippen molar-refractivity contribution in [3.05, 3.63) is 0 Å². The van der Waals surface area contributed by atoms with Gasteiger partial charge in [0.15, 0.2) is 0 Å². The highest BCUT2D eigenvalue weighted by molar-refractivity contribution is 7.86. The maximum Gasteiger partial charge on any atom is 0.321 e. The first-order valence-corrected chi connectivity index (χ1v) is 6.73.